The number of aryl methyl sites for hydroxylation is 1. The third-order valence-electron chi connectivity index (χ3n) is 2.31. The molecule has 0 aliphatic rings. The van der Waals surface area contributed by atoms with Crippen molar-refractivity contribution < 1.29 is 4.79 Å². The van der Waals surface area contributed by atoms with Gasteiger partial charge in [0.15, 0.2) is 0 Å². The number of thiophene rings is 1. The molecule has 16 heavy (non-hydrogen) atoms. The molecular weight excluding hydrogens is 220 g/mol. The van der Waals surface area contributed by atoms with Gasteiger partial charge in [0.2, 0.25) is 5.91 Å². The minimum Gasteiger partial charge on any atom is -0.340 e. The highest BCUT2D eigenvalue weighted by atomic mass is 32.1. The highest BCUT2D eigenvalue weighted by molar-refractivity contribution is 7.09. The Morgan fingerprint density at radius 3 is 3.06 bits per heavy atom. The van der Waals surface area contributed by atoms with E-state index >= 15 is 0 Å². The average molecular weight is 236 g/mol. The molecule has 0 aromatic carbocycles. The highest BCUT2D eigenvalue weighted by Gasteiger charge is 2.08. The number of nitrogens with zero attached hydrogens (tertiary/aromatic N) is 1. The van der Waals surface area contributed by atoms with Crippen molar-refractivity contribution >= 4 is 17.2 Å². The SMILES string of the molecule is CCC(C#N)NC(=O)CCCc1cccs1. The van der Waals surface area contributed by atoms with Crippen LogP contribution in [0, 0.1) is 11.3 Å². The van der Waals surface area contributed by atoms with Crippen LogP contribution in [-0.2, 0) is 11.2 Å². The van der Waals surface area contributed by atoms with E-state index in [1.807, 2.05) is 18.4 Å². The first-order valence-corrected chi connectivity index (χ1v) is 6.35. The van der Waals surface area contributed by atoms with Crippen LogP contribution >= 0.6 is 11.3 Å². The molecule has 1 atom stereocenters. The van der Waals surface area contributed by atoms with Gasteiger partial charge in [-0.2, -0.15) is 5.26 Å². The number of carbonyl (C=O) groups excluding carboxylic acids is 1. The number of hydrogen-bond acceptors (Lipinski definition) is 3. The monoisotopic (exact) mass is 236 g/mol. The molecule has 1 unspecified atom stereocenters. The zero-order valence-corrected chi connectivity index (χ0v) is 10.2. The van der Waals surface area contributed by atoms with E-state index in [1.54, 1.807) is 11.3 Å². The zero-order valence-electron chi connectivity index (χ0n) is 9.40. The summed E-state index contributed by atoms with van der Waals surface area (Å²) in [4.78, 5) is 12.7. The van der Waals surface area contributed by atoms with Crippen LogP contribution in [0.4, 0.5) is 0 Å². The molecule has 86 valence electrons. The molecule has 1 aromatic heterocycles. The Morgan fingerprint density at radius 1 is 1.69 bits per heavy atom. The lowest BCUT2D eigenvalue weighted by atomic mass is 10.2. The molecule has 1 N–H and O–H groups in total. The maximum atomic E-state index is 11.4. The van der Waals surface area contributed by atoms with Crippen molar-refractivity contribution in [1.29, 1.82) is 5.26 Å². The molecule has 4 heteroatoms. The summed E-state index contributed by atoms with van der Waals surface area (Å²) in [6.45, 7) is 1.89. The Bertz CT molecular complexity index is 354. The fourth-order valence-corrected chi connectivity index (χ4v) is 2.12. The highest BCUT2D eigenvalue weighted by Crippen LogP contribution is 2.11. The summed E-state index contributed by atoms with van der Waals surface area (Å²) in [5, 5.41) is 13.4. The van der Waals surface area contributed by atoms with Crippen molar-refractivity contribution in [2.24, 2.45) is 0 Å². The topological polar surface area (TPSA) is 52.9 Å². The molecule has 0 spiro atoms. The fraction of sp³-hybridized carbons (Fsp3) is 0.500. The van der Waals surface area contributed by atoms with Crippen molar-refractivity contribution in [3.63, 3.8) is 0 Å². The molecule has 1 amide bonds. The van der Waals surface area contributed by atoms with E-state index in [2.05, 4.69) is 17.5 Å². The van der Waals surface area contributed by atoms with Crippen molar-refractivity contribution in [3.8, 4) is 6.07 Å². The number of amides is 1. The zero-order chi connectivity index (χ0) is 11.8. The quantitative estimate of drug-likeness (QED) is 0.825. The maximum absolute atomic E-state index is 11.4. The van der Waals surface area contributed by atoms with Gasteiger partial charge in [-0.3, -0.25) is 4.79 Å². The van der Waals surface area contributed by atoms with Gasteiger partial charge in [-0.1, -0.05) is 13.0 Å². The van der Waals surface area contributed by atoms with Gasteiger partial charge in [-0.25, -0.2) is 0 Å². The third-order valence-corrected chi connectivity index (χ3v) is 3.24. The van der Waals surface area contributed by atoms with Crippen LogP contribution in [-0.4, -0.2) is 11.9 Å². The van der Waals surface area contributed by atoms with Crippen molar-refractivity contribution in [2.75, 3.05) is 0 Å². The van der Waals surface area contributed by atoms with Crippen LogP contribution < -0.4 is 5.32 Å². The van der Waals surface area contributed by atoms with E-state index in [9.17, 15) is 4.79 Å². The lowest BCUT2D eigenvalue weighted by Crippen LogP contribution is -2.32. The molecule has 1 aromatic rings. The number of rotatable bonds is 6. The van der Waals surface area contributed by atoms with Crippen molar-refractivity contribution in [2.45, 2.75) is 38.6 Å². The normalized spacial score (nSPS) is 11.8. The van der Waals surface area contributed by atoms with Gasteiger partial charge in [0.05, 0.1) is 6.07 Å². The summed E-state index contributed by atoms with van der Waals surface area (Å²) in [5.74, 6) is -0.0232. The minimum absolute atomic E-state index is 0.0232. The molecule has 1 heterocycles. The van der Waals surface area contributed by atoms with Crippen LogP contribution in [0.15, 0.2) is 17.5 Å². The molecular formula is C12H16N2OS. The van der Waals surface area contributed by atoms with Crippen LogP contribution in [0.1, 0.15) is 31.1 Å². The average Bonchev–Trinajstić information content (AvgIpc) is 2.79. The molecule has 0 saturated heterocycles. The Balaban J connectivity index is 2.18. The molecule has 0 radical (unpaired) electrons. The van der Waals surface area contributed by atoms with E-state index < -0.39 is 0 Å². The summed E-state index contributed by atoms with van der Waals surface area (Å²) in [5.41, 5.74) is 0. The Morgan fingerprint density at radius 2 is 2.50 bits per heavy atom. The van der Waals surface area contributed by atoms with Gasteiger partial charge in [-0.15, -0.1) is 11.3 Å². The Labute approximate surface area is 100 Å². The van der Waals surface area contributed by atoms with Crippen LogP contribution in [0.2, 0.25) is 0 Å². The van der Waals surface area contributed by atoms with E-state index in [0.29, 0.717) is 12.8 Å². The Hall–Kier alpha value is -1.34. The maximum Gasteiger partial charge on any atom is 0.221 e. The number of nitriles is 1. The fourth-order valence-electron chi connectivity index (χ4n) is 1.37. The Kier molecular flexibility index (Phi) is 5.58. The van der Waals surface area contributed by atoms with Gasteiger partial charge >= 0.3 is 0 Å². The molecule has 0 bridgehead atoms. The largest absolute Gasteiger partial charge is 0.340 e. The molecule has 0 saturated carbocycles. The van der Waals surface area contributed by atoms with Crippen LogP contribution in [0.5, 0.6) is 0 Å². The summed E-state index contributed by atoms with van der Waals surface area (Å²) in [6.07, 6.45) is 2.94. The van der Waals surface area contributed by atoms with Gasteiger partial charge in [0.25, 0.3) is 0 Å². The number of hydrogen-bond donors (Lipinski definition) is 1. The molecule has 3 nitrogen and oxygen atoms in total. The van der Waals surface area contributed by atoms with E-state index in [1.165, 1.54) is 4.88 Å². The second-order valence-corrected chi connectivity index (χ2v) is 4.62. The van der Waals surface area contributed by atoms with Gasteiger partial charge < -0.3 is 5.32 Å². The first-order valence-electron chi connectivity index (χ1n) is 5.47. The molecule has 1 rings (SSSR count). The minimum atomic E-state index is -0.339. The lowest BCUT2D eigenvalue weighted by Gasteiger charge is -2.08. The van der Waals surface area contributed by atoms with Gasteiger partial charge in [-0.05, 0) is 30.7 Å². The standard InChI is InChI=1S/C12H16N2OS/c1-2-10(9-13)14-12(15)7-3-5-11-6-4-8-16-11/h4,6,8,10H,2-3,5,7H2,1H3,(H,14,15). The predicted octanol–water partition coefficient (Wildman–Crippen LogP) is 2.49. The summed E-state index contributed by atoms with van der Waals surface area (Å²) >= 11 is 1.71. The van der Waals surface area contributed by atoms with Gasteiger partial charge in [0.1, 0.15) is 6.04 Å². The second kappa shape index (κ2) is 7.02. The molecule has 0 fully saturated rings. The van der Waals surface area contributed by atoms with Gasteiger partial charge in [0, 0.05) is 11.3 Å². The third kappa shape index (κ3) is 4.45. The van der Waals surface area contributed by atoms with E-state index in [0.717, 1.165) is 12.8 Å². The van der Waals surface area contributed by atoms with E-state index in [-0.39, 0.29) is 11.9 Å². The second-order valence-electron chi connectivity index (χ2n) is 3.59. The van der Waals surface area contributed by atoms with E-state index in [4.69, 9.17) is 5.26 Å². The first-order chi connectivity index (χ1) is 7.76. The summed E-state index contributed by atoms with van der Waals surface area (Å²) in [7, 11) is 0. The lowest BCUT2D eigenvalue weighted by molar-refractivity contribution is -0.121. The van der Waals surface area contributed by atoms with Crippen molar-refractivity contribution in [1.82, 2.24) is 5.32 Å². The first kappa shape index (κ1) is 12.7. The molecule has 0 aliphatic carbocycles. The number of nitrogens with one attached hydrogen (secondary N) is 1. The van der Waals surface area contributed by atoms with Crippen LogP contribution in [0.3, 0.4) is 0 Å². The van der Waals surface area contributed by atoms with Crippen LogP contribution in [0.25, 0.3) is 0 Å². The smallest absolute Gasteiger partial charge is 0.221 e. The summed E-state index contributed by atoms with van der Waals surface area (Å²) < 4.78 is 0. The predicted molar refractivity (Wildman–Crippen MR) is 65.1 cm³/mol. The molecule has 0 aliphatic heterocycles. The van der Waals surface area contributed by atoms with Crippen molar-refractivity contribution in [3.05, 3.63) is 22.4 Å². The summed E-state index contributed by atoms with van der Waals surface area (Å²) in [6, 6.07) is 5.81. The number of carbonyl (C=O) groups is 1.